The number of nitrogens with one attached hydrogen (secondary N) is 2. The molecule has 2 amide bonds. The first-order valence-electron chi connectivity index (χ1n) is 8.67. The number of rotatable bonds is 4. The van der Waals surface area contributed by atoms with E-state index in [0.29, 0.717) is 28.4 Å². The first-order valence-corrected chi connectivity index (χ1v) is 8.67. The topological polar surface area (TPSA) is 111 Å². The van der Waals surface area contributed by atoms with Crippen LogP contribution in [0.2, 0.25) is 0 Å². The zero-order valence-corrected chi connectivity index (χ0v) is 15.4. The molecule has 28 heavy (non-hydrogen) atoms. The van der Waals surface area contributed by atoms with E-state index >= 15 is 0 Å². The Kier molecular flexibility index (Phi) is 4.03. The van der Waals surface area contributed by atoms with E-state index in [1.807, 2.05) is 25.1 Å². The highest BCUT2D eigenvalue weighted by atomic mass is 16.5. The molecule has 0 saturated heterocycles. The van der Waals surface area contributed by atoms with Crippen molar-refractivity contribution in [2.75, 3.05) is 10.6 Å². The summed E-state index contributed by atoms with van der Waals surface area (Å²) in [5, 5.41) is 10.1. The first-order chi connectivity index (χ1) is 13.4. The van der Waals surface area contributed by atoms with E-state index in [0.717, 1.165) is 5.56 Å². The van der Waals surface area contributed by atoms with Crippen LogP contribution in [-0.4, -0.2) is 21.6 Å². The number of hydrogen-bond donors (Lipinski definition) is 3. The normalized spacial score (nSPS) is 17.4. The number of carbonyl (C=O) groups is 2. The number of carbonyl (C=O) groups excluding carboxylic acids is 2. The van der Waals surface area contributed by atoms with Crippen molar-refractivity contribution in [1.82, 2.24) is 9.78 Å². The van der Waals surface area contributed by atoms with Gasteiger partial charge in [0.2, 0.25) is 5.72 Å². The predicted octanol–water partition coefficient (Wildman–Crippen LogP) is 2.45. The van der Waals surface area contributed by atoms with Gasteiger partial charge in [-0.05, 0) is 37.3 Å². The van der Waals surface area contributed by atoms with Crippen LogP contribution < -0.4 is 21.1 Å². The third-order valence-corrected chi connectivity index (χ3v) is 4.71. The lowest BCUT2D eigenvalue weighted by molar-refractivity contribution is 0.0982. The number of benzene rings is 2. The van der Waals surface area contributed by atoms with Gasteiger partial charge in [0, 0.05) is 24.5 Å². The minimum absolute atomic E-state index is 0.243. The Hall–Kier alpha value is -3.81. The molecule has 0 aliphatic carbocycles. The van der Waals surface area contributed by atoms with E-state index in [1.54, 1.807) is 43.6 Å². The van der Waals surface area contributed by atoms with Crippen molar-refractivity contribution in [3.05, 3.63) is 71.5 Å². The average molecular weight is 377 g/mol. The fraction of sp³-hybridized carbons (Fsp3) is 0.150. The zero-order chi connectivity index (χ0) is 19.9. The molecule has 2 heterocycles. The van der Waals surface area contributed by atoms with E-state index < -0.39 is 11.6 Å². The molecular weight excluding hydrogens is 358 g/mol. The number of nitrogens with zero attached hydrogens (tertiary/aromatic N) is 2. The Labute approximate surface area is 161 Å². The molecule has 0 spiro atoms. The van der Waals surface area contributed by atoms with E-state index in [2.05, 4.69) is 15.7 Å². The number of hydrogen-bond acceptors (Lipinski definition) is 5. The van der Waals surface area contributed by atoms with Gasteiger partial charge in [0.25, 0.3) is 11.8 Å². The fourth-order valence-corrected chi connectivity index (χ4v) is 3.22. The average Bonchev–Trinajstić information content (AvgIpc) is 3.24. The highest BCUT2D eigenvalue weighted by Gasteiger charge is 2.37. The molecule has 8 heteroatoms. The number of primary amides is 1. The Morgan fingerprint density at radius 3 is 2.57 bits per heavy atom. The van der Waals surface area contributed by atoms with Crippen LogP contribution in [0.15, 0.2) is 54.7 Å². The molecule has 0 radical (unpaired) electrons. The quantitative estimate of drug-likeness (QED) is 0.647. The lowest BCUT2D eigenvalue weighted by Gasteiger charge is -2.25. The molecule has 2 aromatic carbocycles. The molecule has 1 unspecified atom stereocenters. The van der Waals surface area contributed by atoms with Crippen LogP contribution in [0, 0.1) is 0 Å². The highest BCUT2D eigenvalue weighted by molar-refractivity contribution is 6.03. The standard InChI is InChI=1S/C20H19N5O3/c1-20(24-15-5-3-4-14(18(21)26)17(15)28-20)12-6-8-13(9-7-12)23-19(27)16-10-11-22-25(16)2/h3-11,24H,1-2H3,(H2,21,26)(H,23,27). The molecule has 1 aliphatic rings. The number of ether oxygens (including phenoxy) is 1. The smallest absolute Gasteiger partial charge is 0.273 e. The van der Waals surface area contributed by atoms with E-state index in [1.165, 1.54) is 4.68 Å². The van der Waals surface area contributed by atoms with Crippen LogP contribution >= 0.6 is 0 Å². The minimum atomic E-state index is -0.863. The summed E-state index contributed by atoms with van der Waals surface area (Å²) in [7, 11) is 1.71. The summed E-state index contributed by atoms with van der Waals surface area (Å²) in [4.78, 5) is 23.9. The third kappa shape index (κ3) is 2.94. The molecule has 3 aromatic rings. The highest BCUT2D eigenvalue weighted by Crippen LogP contribution is 2.43. The van der Waals surface area contributed by atoms with Gasteiger partial charge in [-0.2, -0.15) is 5.10 Å². The van der Waals surface area contributed by atoms with Gasteiger partial charge in [-0.3, -0.25) is 14.3 Å². The Bertz CT molecular complexity index is 1070. The fourth-order valence-electron chi connectivity index (χ4n) is 3.22. The summed E-state index contributed by atoms with van der Waals surface area (Å²) in [6.07, 6.45) is 1.57. The van der Waals surface area contributed by atoms with E-state index in [9.17, 15) is 9.59 Å². The second-order valence-corrected chi connectivity index (χ2v) is 6.68. The summed E-state index contributed by atoms with van der Waals surface area (Å²) in [6.45, 7) is 1.86. The van der Waals surface area contributed by atoms with Crippen LogP contribution in [0.25, 0.3) is 0 Å². The number of aryl methyl sites for hydroxylation is 1. The van der Waals surface area contributed by atoms with Gasteiger partial charge >= 0.3 is 0 Å². The van der Waals surface area contributed by atoms with Crippen molar-refractivity contribution in [2.24, 2.45) is 12.8 Å². The number of amides is 2. The van der Waals surface area contributed by atoms with Gasteiger partial charge in [-0.1, -0.05) is 18.2 Å². The van der Waals surface area contributed by atoms with Gasteiger partial charge in [0.1, 0.15) is 5.69 Å². The lowest BCUT2D eigenvalue weighted by Crippen LogP contribution is -2.33. The van der Waals surface area contributed by atoms with E-state index in [-0.39, 0.29) is 5.91 Å². The van der Waals surface area contributed by atoms with Crippen molar-refractivity contribution in [1.29, 1.82) is 0 Å². The Balaban J connectivity index is 1.54. The summed E-state index contributed by atoms with van der Waals surface area (Å²) < 4.78 is 7.57. The van der Waals surface area contributed by atoms with Crippen molar-refractivity contribution >= 4 is 23.2 Å². The maximum Gasteiger partial charge on any atom is 0.273 e. The summed E-state index contributed by atoms with van der Waals surface area (Å²) in [5.74, 6) is -0.352. The molecular formula is C20H19N5O3. The monoisotopic (exact) mass is 377 g/mol. The molecule has 8 nitrogen and oxygen atoms in total. The molecule has 1 aliphatic heterocycles. The van der Waals surface area contributed by atoms with Gasteiger partial charge in [-0.25, -0.2) is 0 Å². The van der Waals surface area contributed by atoms with Crippen molar-refractivity contribution < 1.29 is 14.3 Å². The maximum absolute atomic E-state index is 12.3. The summed E-state index contributed by atoms with van der Waals surface area (Å²) in [5.41, 5.74) is 7.54. The molecule has 4 N–H and O–H groups in total. The van der Waals surface area contributed by atoms with Gasteiger partial charge in [0.05, 0.1) is 11.3 Å². The van der Waals surface area contributed by atoms with Crippen LogP contribution in [0.4, 0.5) is 11.4 Å². The number of nitrogens with two attached hydrogens (primary N) is 1. The lowest BCUT2D eigenvalue weighted by atomic mass is 10.0. The van der Waals surface area contributed by atoms with Crippen molar-refractivity contribution in [3.63, 3.8) is 0 Å². The number of fused-ring (bicyclic) bond motifs is 1. The molecule has 4 rings (SSSR count). The van der Waals surface area contributed by atoms with E-state index in [4.69, 9.17) is 10.5 Å². The van der Waals surface area contributed by atoms with Gasteiger partial charge in [0.15, 0.2) is 5.75 Å². The second-order valence-electron chi connectivity index (χ2n) is 6.68. The van der Waals surface area contributed by atoms with Crippen LogP contribution in [-0.2, 0) is 12.8 Å². The second kappa shape index (κ2) is 6.41. The first kappa shape index (κ1) is 17.6. The third-order valence-electron chi connectivity index (χ3n) is 4.71. The largest absolute Gasteiger partial charge is 0.461 e. The van der Waals surface area contributed by atoms with Crippen LogP contribution in [0.3, 0.4) is 0 Å². The zero-order valence-electron chi connectivity index (χ0n) is 15.4. The van der Waals surface area contributed by atoms with Gasteiger partial charge < -0.3 is 21.1 Å². The van der Waals surface area contributed by atoms with Crippen molar-refractivity contribution in [2.45, 2.75) is 12.6 Å². The summed E-state index contributed by atoms with van der Waals surface area (Å²) in [6, 6.07) is 14.1. The molecule has 0 fully saturated rings. The Morgan fingerprint density at radius 1 is 1.18 bits per heavy atom. The predicted molar refractivity (Wildman–Crippen MR) is 104 cm³/mol. The van der Waals surface area contributed by atoms with Crippen LogP contribution in [0.5, 0.6) is 5.75 Å². The molecule has 1 atom stereocenters. The number of para-hydroxylation sites is 1. The van der Waals surface area contributed by atoms with Crippen LogP contribution in [0.1, 0.15) is 33.3 Å². The molecule has 1 aromatic heterocycles. The Morgan fingerprint density at radius 2 is 1.93 bits per heavy atom. The molecule has 0 saturated carbocycles. The number of aromatic nitrogens is 2. The SMILES string of the molecule is Cn1nccc1C(=O)Nc1ccc(C2(C)Nc3cccc(C(N)=O)c3O2)cc1. The minimum Gasteiger partial charge on any atom is -0.461 e. The van der Waals surface area contributed by atoms with Crippen molar-refractivity contribution in [3.8, 4) is 5.75 Å². The molecule has 142 valence electrons. The summed E-state index contributed by atoms with van der Waals surface area (Å²) >= 11 is 0. The number of anilines is 2. The van der Waals surface area contributed by atoms with Gasteiger partial charge in [-0.15, -0.1) is 0 Å². The maximum atomic E-state index is 12.3. The molecule has 0 bridgehead atoms.